The molecule has 0 atom stereocenters. The third-order valence-corrected chi connectivity index (χ3v) is 6.13. The summed E-state index contributed by atoms with van der Waals surface area (Å²) >= 11 is 0. The van der Waals surface area contributed by atoms with Crippen LogP contribution in [0.1, 0.15) is 27.2 Å². The van der Waals surface area contributed by atoms with Gasteiger partial charge in [-0.25, -0.2) is 0 Å². The monoisotopic (exact) mass is 452 g/mol. The lowest BCUT2D eigenvalue weighted by Crippen LogP contribution is -2.30. The van der Waals surface area contributed by atoms with Crippen LogP contribution in [0.3, 0.4) is 0 Å². The molecular formula is C26H24N6O2. The fraction of sp³-hybridized carbons (Fsp3) is 0.154. The molecule has 0 aliphatic carbocycles. The zero-order valence-electron chi connectivity index (χ0n) is 18.8. The highest BCUT2D eigenvalue weighted by molar-refractivity contribution is 6.03. The first-order valence-corrected chi connectivity index (χ1v) is 10.9. The van der Waals surface area contributed by atoms with Crippen LogP contribution in [-0.4, -0.2) is 38.4 Å². The highest BCUT2D eigenvalue weighted by Gasteiger charge is 2.31. The standard InChI is InChI=1S/C26H24N6O2/c1-15(25(27)33)13-32-14-23-21(18-5-6-24-20(8-18)16(2)30-31-24)9-19(10-22(23)26(32)34)29-12-17-4-3-7-28-11-17/h3-11,29H,1,12-14H2,2H3,(H2,27,33)(H,30,31). The van der Waals surface area contributed by atoms with E-state index in [0.29, 0.717) is 18.7 Å². The minimum atomic E-state index is -0.608. The molecule has 0 radical (unpaired) electrons. The Hall–Kier alpha value is -4.46. The van der Waals surface area contributed by atoms with E-state index in [9.17, 15) is 9.59 Å². The van der Waals surface area contributed by atoms with E-state index < -0.39 is 5.91 Å². The fourth-order valence-electron chi connectivity index (χ4n) is 4.28. The van der Waals surface area contributed by atoms with Gasteiger partial charge in [0.1, 0.15) is 0 Å². The molecule has 34 heavy (non-hydrogen) atoms. The number of anilines is 1. The second-order valence-electron chi connectivity index (χ2n) is 8.46. The first-order valence-electron chi connectivity index (χ1n) is 10.9. The van der Waals surface area contributed by atoms with Crippen molar-refractivity contribution in [2.75, 3.05) is 11.9 Å². The van der Waals surface area contributed by atoms with Crippen molar-refractivity contribution >= 4 is 28.4 Å². The molecule has 170 valence electrons. The van der Waals surface area contributed by atoms with E-state index in [-0.39, 0.29) is 18.0 Å². The number of pyridine rings is 1. The molecule has 0 spiro atoms. The lowest BCUT2D eigenvalue weighted by atomic mass is 9.95. The lowest BCUT2D eigenvalue weighted by Gasteiger charge is -2.16. The Balaban J connectivity index is 1.56. The lowest BCUT2D eigenvalue weighted by molar-refractivity contribution is -0.114. The second-order valence-corrected chi connectivity index (χ2v) is 8.46. The zero-order chi connectivity index (χ0) is 23.8. The Labute approximate surface area is 196 Å². The SMILES string of the molecule is C=C(CN1Cc2c(cc(NCc3cccnc3)cc2-c2ccc3[nH]nc(C)c3c2)C1=O)C(N)=O. The Morgan fingerprint density at radius 2 is 2.06 bits per heavy atom. The number of fused-ring (bicyclic) bond motifs is 2. The minimum absolute atomic E-state index is 0.0978. The van der Waals surface area contributed by atoms with Crippen LogP contribution in [0, 0.1) is 6.92 Å². The number of benzene rings is 2. The van der Waals surface area contributed by atoms with E-state index in [4.69, 9.17) is 5.73 Å². The molecule has 1 aliphatic heterocycles. The number of amides is 2. The predicted molar refractivity (Wildman–Crippen MR) is 131 cm³/mol. The van der Waals surface area contributed by atoms with Crippen molar-refractivity contribution in [1.29, 1.82) is 0 Å². The van der Waals surface area contributed by atoms with Crippen LogP contribution in [0.5, 0.6) is 0 Å². The van der Waals surface area contributed by atoms with Gasteiger partial charge in [0.15, 0.2) is 0 Å². The summed E-state index contributed by atoms with van der Waals surface area (Å²) in [6.45, 7) is 6.72. The number of hydrogen-bond donors (Lipinski definition) is 3. The summed E-state index contributed by atoms with van der Waals surface area (Å²) < 4.78 is 0. The number of aryl methyl sites for hydroxylation is 1. The van der Waals surface area contributed by atoms with Gasteiger partial charge in [-0.05, 0) is 59.5 Å². The number of H-pyrrole nitrogens is 1. The van der Waals surface area contributed by atoms with Crippen molar-refractivity contribution in [2.24, 2.45) is 5.73 Å². The van der Waals surface area contributed by atoms with Crippen LogP contribution >= 0.6 is 0 Å². The Morgan fingerprint density at radius 1 is 1.24 bits per heavy atom. The first-order chi connectivity index (χ1) is 16.4. The van der Waals surface area contributed by atoms with Gasteiger partial charge in [0, 0.05) is 47.7 Å². The summed E-state index contributed by atoms with van der Waals surface area (Å²) in [6, 6.07) is 13.9. The van der Waals surface area contributed by atoms with Crippen LogP contribution < -0.4 is 11.1 Å². The molecule has 5 rings (SSSR count). The molecule has 0 fully saturated rings. The number of aromatic nitrogens is 3. The van der Waals surface area contributed by atoms with Crippen molar-refractivity contribution < 1.29 is 9.59 Å². The summed E-state index contributed by atoms with van der Waals surface area (Å²) in [5.41, 5.74) is 12.7. The molecule has 8 heteroatoms. The number of rotatable bonds is 7. The highest BCUT2D eigenvalue weighted by Crippen LogP contribution is 2.37. The molecule has 1 aliphatic rings. The number of aromatic amines is 1. The van der Waals surface area contributed by atoms with Gasteiger partial charge in [0.05, 0.1) is 17.8 Å². The van der Waals surface area contributed by atoms with Crippen LogP contribution in [0.2, 0.25) is 0 Å². The number of nitrogens with zero attached hydrogens (tertiary/aromatic N) is 3. The van der Waals surface area contributed by atoms with Crippen LogP contribution in [0.15, 0.2) is 67.0 Å². The van der Waals surface area contributed by atoms with Gasteiger partial charge < -0.3 is 16.0 Å². The Bertz CT molecular complexity index is 1440. The number of carbonyl (C=O) groups excluding carboxylic acids is 2. The molecule has 2 amide bonds. The topological polar surface area (TPSA) is 117 Å². The highest BCUT2D eigenvalue weighted by atomic mass is 16.2. The van der Waals surface area contributed by atoms with Crippen molar-refractivity contribution in [3.8, 4) is 11.1 Å². The maximum Gasteiger partial charge on any atom is 0.254 e. The number of hydrogen-bond acceptors (Lipinski definition) is 5. The largest absolute Gasteiger partial charge is 0.381 e. The Morgan fingerprint density at radius 3 is 2.82 bits per heavy atom. The smallest absolute Gasteiger partial charge is 0.254 e. The first kappa shape index (κ1) is 21.4. The van der Waals surface area contributed by atoms with E-state index >= 15 is 0 Å². The summed E-state index contributed by atoms with van der Waals surface area (Å²) in [4.78, 5) is 30.6. The third kappa shape index (κ3) is 3.90. The van der Waals surface area contributed by atoms with E-state index in [2.05, 4.69) is 39.2 Å². The van der Waals surface area contributed by atoms with Gasteiger partial charge in [0.2, 0.25) is 5.91 Å². The van der Waals surface area contributed by atoms with Crippen molar-refractivity contribution in [1.82, 2.24) is 20.1 Å². The van der Waals surface area contributed by atoms with Crippen LogP contribution in [-0.2, 0) is 17.9 Å². The zero-order valence-corrected chi connectivity index (χ0v) is 18.8. The third-order valence-electron chi connectivity index (χ3n) is 6.13. The van der Waals surface area contributed by atoms with E-state index in [1.807, 2.05) is 37.3 Å². The normalized spacial score (nSPS) is 12.7. The number of nitrogens with two attached hydrogens (primary N) is 1. The molecular weight excluding hydrogens is 428 g/mol. The average Bonchev–Trinajstić information content (AvgIpc) is 3.37. The number of carbonyl (C=O) groups is 2. The number of nitrogens with one attached hydrogen (secondary N) is 2. The van der Waals surface area contributed by atoms with Crippen molar-refractivity contribution in [2.45, 2.75) is 20.0 Å². The molecule has 4 aromatic rings. The van der Waals surface area contributed by atoms with Crippen LogP contribution in [0.25, 0.3) is 22.0 Å². The predicted octanol–water partition coefficient (Wildman–Crippen LogP) is 3.54. The molecule has 0 saturated carbocycles. The van der Waals surface area contributed by atoms with Gasteiger partial charge in [-0.15, -0.1) is 0 Å². The molecule has 0 unspecified atom stereocenters. The van der Waals surface area contributed by atoms with Crippen molar-refractivity contribution in [3.63, 3.8) is 0 Å². The Kier molecular flexibility index (Phi) is 5.33. The van der Waals surface area contributed by atoms with E-state index in [0.717, 1.165) is 44.5 Å². The second kappa shape index (κ2) is 8.47. The molecule has 0 bridgehead atoms. The molecule has 2 aromatic heterocycles. The maximum absolute atomic E-state index is 13.3. The summed E-state index contributed by atoms with van der Waals surface area (Å²) in [5, 5.41) is 11.8. The van der Waals surface area contributed by atoms with Crippen LogP contribution in [0.4, 0.5) is 5.69 Å². The quantitative estimate of drug-likeness (QED) is 0.371. The molecule has 3 heterocycles. The van der Waals surface area contributed by atoms with Gasteiger partial charge in [-0.1, -0.05) is 18.7 Å². The van der Waals surface area contributed by atoms with E-state index in [1.165, 1.54) is 0 Å². The number of primary amides is 1. The van der Waals surface area contributed by atoms with Gasteiger partial charge in [-0.2, -0.15) is 5.10 Å². The maximum atomic E-state index is 13.3. The molecule has 8 nitrogen and oxygen atoms in total. The van der Waals surface area contributed by atoms with Gasteiger partial charge in [-0.3, -0.25) is 19.7 Å². The molecule has 4 N–H and O–H groups in total. The average molecular weight is 453 g/mol. The summed E-state index contributed by atoms with van der Waals surface area (Å²) in [6.07, 6.45) is 3.54. The summed E-state index contributed by atoms with van der Waals surface area (Å²) in [7, 11) is 0. The van der Waals surface area contributed by atoms with Gasteiger partial charge >= 0.3 is 0 Å². The van der Waals surface area contributed by atoms with Gasteiger partial charge in [0.25, 0.3) is 5.91 Å². The van der Waals surface area contributed by atoms with Crippen molar-refractivity contribution in [3.05, 3.63) is 89.4 Å². The fourth-order valence-corrected chi connectivity index (χ4v) is 4.28. The minimum Gasteiger partial charge on any atom is -0.381 e. The summed E-state index contributed by atoms with van der Waals surface area (Å²) in [5.74, 6) is -0.757. The molecule has 0 saturated heterocycles. The van der Waals surface area contributed by atoms with E-state index in [1.54, 1.807) is 17.3 Å². The molecule has 2 aromatic carbocycles.